The number of halogens is 1. The molecule has 1 amide bonds. The fraction of sp³-hybridized carbons (Fsp3) is 0.0667. The molecule has 0 aliphatic rings. The second-order valence-electron chi connectivity index (χ2n) is 4.19. The molecule has 0 radical (unpaired) electrons. The van der Waals surface area contributed by atoms with Crippen LogP contribution in [0.3, 0.4) is 0 Å². The summed E-state index contributed by atoms with van der Waals surface area (Å²) in [6.07, 6.45) is 0. The monoisotopic (exact) mass is 345 g/mol. The van der Waals surface area contributed by atoms with Crippen molar-refractivity contribution >= 4 is 33.2 Å². The number of amides is 1. The number of benzene rings is 2. The highest BCUT2D eigenvalue weighted by Gasteiger charge is 2.16. The second kappa shape index (κ2) is 6.29. The average molecular weight is 346 g/mol. The molecule has 0 aliphatic carbocycles. The van der Waals surface area contributed by atoms with E-state index in [1.165, 1.54) is 7.11 Å². The van der Waals surface area contributed by atoms with Crippen molar-refractivity contribution in [2.24, 2.45) is 0 Å². The smallest absolute Gasteiger partial charge is 0.261 e. The Morgan fingerprint density at radius 1 is 1.38 bits per heavy atom. The van der Waals surface area contributed by atoms with Crippen LogP contribution in [0.25, 0.3) is 0 Å². The molecule has 0 aliphatic heterocycles. The molecule has 106 valence electrons. The van der Waals surface area contributed by atoms with Crippen molar-refractivity contribution in [3.05, 3.63) is 52.0 Å². The molecule has 0 saturated carbocycles. The maximum atomic E-state index is 12.4. The van der Waals surface area contributed by atoms with Crippen LogP contribution in [0.4, 0.5) is 11.4 Å². The third-order valence-electron chi connectivity index (χ3n) is 2.85. The Morgan fingerprint density at radius 3 is 2.76 bits per heavy atom. The Balaban J connectivity index is 2.33. The van der Waals surface area contributed by atoms with Gasteiger partial charge in [-0.05, 0) is 46.3 Å². The van der Waals surface area contributed by atoms with Gasteiger partial charge in [0.05, 0.1) is 24.4 Å². The highest BCUT2D eigenvalue weighted by atomic mass is 79.9. The van der Waals surface area contributed by atoms with E-state index in [2.05, 4.69) is 21.2 Å². The number of carbonyl (C=O) groups is 1. The van der Waals surface area contributed by atoms with Crippen LogP contribution in [0.2, 0.25) is 0 Å². The first-order valence-electron chi connectivity index (χ1n) is 6.00. The molecule has 0 atom stereocenters. The zero-order valence-electron chi connectivity index (χ0n) is 11.2. The van der Waals surface area contributed by atoms with Crippen molar-refractivity contribution in [1.29, 1.82) is 5.26 Å². The number of carbonyl (C=O) groups excluding carboxylic acids is 1. The normalized spacial score (nSPS) is 9.76. The first-order valence-corrected chi connectivity index (χ1v) is 6.79. The van der Waals surface area contributed by atoms with Gasteiger partial charge in [-0.2, -0.15) is 5.26 Å². The van der Waals surface area contributed by atoms with Crippen molar-refractivity contribution in [2.45, 2.75) is 0 Å². The van der Waals surface area contributed by atoms with Gasteiger partial charge in [-0.1, -0.05) is 6.07 Å². The summed E-state index contributed by atoms with van der Waals surface area (Å²) < 4.78 is 5.77. The topological polar surface area (TPSA) is 88.1 Å². The largest absolute Gasteiger partial charge is 0.496 e. The standard InChI is InChI=1S/C15H12BrN3O2/c1-21-13-4-2-3-11(18)14(13)15(20)19-12-6-5-9(8-17)7-10(12)16/h2-7H,18H2,1H3,(H,19,20). The molecule has 0 heterocycles. The van der Waals surface area contributed by atoms with Crippen molar-refractivity contribution in [3.8, 4) is 11.8 Å². The number of nitrogens with one attached hydrogen (secondary N) is 1. The lowest BCUT2D eigenvalue weighted by Crippen LogP contribution is -2.15. The molecule has 0 unspecified atom stereocenters. The van der Waals surface area contributed by atoms with Crippen LogP contribution in [0.15, 0.2) is 40.9 Å². The van der Waals surface area contributed by atoms with Crippen molar-refractivity contribution in [1.82, 2.24) is 0 Å². The van der Waals surface area contributed by atoms with E-state index in [1.807, 2.05) is 6.07 Å². The summed E-state index contributed by atoms with van der Waals surface area (Å²) in [7, 11) is 1.48. The Bertz CT molecular complexity index is 738. The molecule has 0 saturated heterocycles. The number of nitrogens with zero attached hydrogens (tertiary/aromatic N) is 1. The van der Waals surface area contributed by atoms with Gasteiger partial charge in [-0.15, -0.1) is 0 Å². The number of hydrogen-bond donors (Lipinski definition) is 2. The van der Waals surface area contributed by atoms with E-state index in [-0.39, 0.29) is 11.5 Å². The summed E-state index contributed by atoms with van der Waals surface area (Å²) in [4.78, 5) is 12.4. The zero-order chi connectivity index (χ0) is 15.4. The highest BCUT2D eigenvalue weighted by Crippen LogP contribution is 2.28. The van der Waals surface area contributed by atoms with Crippen LogP contribution in [0, 0.1) is 11.3 Å². The fourth-order valence-corrected chi connectivity index (χ4v) is 2.31. The Morgan fingerprint density at radius 2 is 2.14 bits per heavy atom. The third kappa shape index (κ3) is 3.15. The van der Waals surface area contributed by atoms with E-state index in [0.717, 1.165) is 0 Å². The molecular formula is C15H12BrN3O2. The molecule has 2 aromatic rings. The Labute approximate surface area is 130 Å². The second-order valence-corrected chi connectivity index (χ2v) is 5.04. The van der Waals surface area contributed by atoms with Crippen molar-refractivity contribution in [2.75, 3.05) is 18.2 Å². The first kappa shape index (κ1) is 14.9. The molecule has 0 fully saturated rings. The Hall–Kier alpha value is -2.52. The quantitative estimate of drug-likeness (QED) is 0.836. The third-order valence-corrected chi connectivity index (χ3v) is 3.51. The van der Waals surface area contributed by atoms with E-state index in [0.29, 0.717) is 27.2 Å². The van der Waals surface area contributed by atoms with Crippen LogP contribution in [-0.4, -0.2) is 13.0 Å². The molecule has 3 N–H and O–H groups in total. The van der Waals surface area contributed by atoms with Gasteiger partial charge in [0.15, 0.2) is 0 Å². The first-order chi connectivity index (χ1) is 10.1. The lowest BCUT2D eigenvalue weighted by atomic mass is 10.1. The number of nitriles is 1. The minimum absolute atomic E-state index is 0.274. The molecule has 6 heteroatoms. The van der Waals surface area contributed by atoms with E-state index < -0.39 is 0 Å². The van der Waals surface area contributed by atoms with Crippen LogP contribution >= 0.6 is 15.9 Å². The van der Waals surface area contributed by atoms with Gasteiger partial charge in [-0.25, -0.2) is 0 Å². The molecule has 2 rings (SSSR count). The summed E-state index contributed by atoms with van der Waals surface area (Å²) in [5.74, 6) is 0.0209. The summed E-state index contributed by atoms with van der Waals surface area (Å²) in [6, 6.07) is 11.9. The van der Waals surface area contributed by atoms with Gasteiger partial charge in [0.2, 0.25) is 0 Å². The SMILES string of the molecule is COc1cccc(N)c1C(=O)Nc1ccc(C#N)cc1Br. The summed E-state index contributed by atoms with van der Waals surface area (Å²) >= 11 is 3.31. The van der Waals surface area contributed by atoms with Gasteiger partial charge in [0, 0.05) is 10.2 Å². The fourth-order valence-electron chi connectivity index (χ4n) is 1.83. The van der Waals surface area contributed by atoms with Crippen LogP contribution in [-0.2, 0) is 0 Å². The zero-order valence-corrected chi connectivity index (χ0v) is 12.8. The highest BCUT2D eigenvalue weighted by molar-refractivity contribution is 9.10. The summed E-state index contributed by atoms with van der Waals surface area (Å²) in [5.41, 5.74) is 7.49. The van der Waals surface area contributed by atoms with E-state index in [9.17, 15) is 4.79 Å². The molecule has 5 nitrogen and oxygen atoms in total. The molecule has 2 aromatic carbocycles. The van der Waals surface area contributed by atoms with Crippen LogP contribution in [0.5, 0.6) is 5.75 Å². The number of nitrogens with two attached hydrogens (primary N) is 1. The molecule has 0 bridgehead atoms. The minimum atomic E-state index is -0.379. The maximum absolute atomic E-state index is 12.4. The predicted octanol–water partition coefficient (Wildman–Crippen LogP) is 3.16. The number of nitrogen functional groups attached to an aromatic ring is 1. The van der Waals surface area contributed by atoms with Gasteiger partial charge in [-0.3, -0.25) is 4.79 Å². The van der Waals surface area contributed by atoms with Gasteiger partial charge in [0.1, 0.15) is 11.3 Å². The number of rotatable bonds is 3. The van der Waals surface area contributed by atoms with E-state index >= 15 is 0 Å². The van der Waals surface area contributed by atoms with Crippen molar-refractivity contribution in [3.63, 3.8) is 0 Å². The molecule has 0 spiro atoms. The van der Waals surface area contributed by atoms with Crippen LogP contribution in [0.1, 0.15) is 15.9 Å². The van der Waals surface area contributed by atoms with Crippen LogP contribution < -0.4 is 15.8 Å². The lowest BCUT2D eigenvalue weighted by molar-refractivity contribution is 0.102. The van der Waals surface area contributed by atoms with Gasteiger partial charge in [0.25, 0.3) is 5.91 Å². The predicted molar refractivity (Wildman–Crippen MR) is 84.2 cm³/mol. The number of methoxy groups -OCH3 is 1. The summed E-state index contributed by atoms with van der Waals surface area (Å²) in [5, 5.41) is 11.6. The number of ether oxygens (including phenoxy) is 1. The Kier molecular flexibility index (Phi) is 4.45. The number of hydrogen-bond acceptors (Lipinski definition) is 4. The van der Waals surface area contributed by atoms with Gasteiger partial charge < -0.3 is 15.8 Å². The van der Waals surface area contributed by atoms with E-state index in [4.69, 9.17) is 15.7 Å². The maximum Gasteiger partial charge on any atom is 0.261 e. The van der Waals surface area contributed by atoms with Gasteiger partial charge >= 0.3 is 0 Å². The molecule has 0 aromatic heterocycles. The molecule has 21 heavy (non-hydrogen) atoms. The average Bonchev–Trinajstić information content (AvgIpc) is 2.48. The molecular weight excluding hydrogens is 334 g/mol. The lowest BCUT2D eigenvalue weighted by Gasteiger charge is -2.12. The number of anilines is 2. The van der Waals surface area contributed by atoms with E-state index in [1.54, 1.807) is 36.4 Å². The van der Waals surface area contributed by atoms with Crippen molar-refractivity contribution < 1.29 is 9.53 Å². The minimum Gasteiger partial charge on any atom is -0.496 e. The summed E-state index contributed by atoms with van der Waals surface area (Å²) in [6.45, 7) is 0.